The van der Waals surface area contributed by atoms with Crippen molar-refractivity contribution in [2.24, 2.45) is 0 Å². The summed E-state index contributed by atoms with van der Waals surface area (Å²) in [6.07, 6.45) is 1.52. The van der Waals surface area contributed by atoms with Crippen LogP contribution in [0.25, 0.3) is 10.9 Å². The number of benzene rings is 2. The zero-order valence-electron chi connectivity index (χ0n) is 16.0. The highest BCUT2D eigenvalue weighted by Gasteiger charge is 2.29. The molecule has 0 saturated heterocycles. The van der Waals surface area contributed by atoms with E-state index in [4.69, 9.17) is 0 Å². The lowest BCUT2D eigenvalue weighted by atomic mass is 10.2. The van der Waals surface area contributed by atoms with Gasteiger partial charge in [0.25, 0.3) is 5.56 Å². The summed E-state index contributed by atoms with van der Waals surface area (Å²) in [7, 11) is -4.89. The van der Waals surface area contributed by atoms with Gasteiger partial charge in [-0.15, -0.1) is 6.58 Å². The minimum atomic E-state index is -4.89. The van der Waals surface area contributed by atoms with Gasteiger partial charge in [0.15, 0.2) is 5.16 Å². The number of rotatable bonds is 8. The Morgan fingerprint density at radius 1 is 1.19 bits per heavy atom. The van der Waals surface area contributed by atoms with Gasteiger partial charge in [0.05, 0.1) is 27.2 Å². The number of para-hydroxylation sites is 2. The normalized spacial score (nSPS) is 11.6. The molecule has 0 bridgehead atoms. The van der Waals surface area contributed by atoms with Crippen LogP contribution >= 0.6 is 11.8 Å². The van der Waals surface area contributed by atoms with E-state index in [0.29, 0.717) is 10.9 Å². The molecule has 1 heterocycles. The molecule has 1 N–H and O–H groups in total. The van der Waals surface area contributed by atoms with Crippen LogP contribution < -0.4 is 10.9 Å². The van der Waals surface area contributed by atoms with Crippen LogP contribution in [0.5, 0.6) is 0 Å². The molecule has 0 aliphatic carbocycles. The number of alkyl halides is 2. The Bertz CT molecular complexity index is 1310. The van der Waals surface area contributed by atoms with Gasteiger partial charge in [-0.1, -0.05) is 42.1 Å². The fourth-order valence-electron chi connectivity index (χ4n) is 2.78. The average Bonchev–Trinajstić information content (AvgIpc) is 2.75. The van der Waals surface area contributed by atoms with Gasteiger partial charge in [0.2, 0.25) is 15.7 Å². The number of carbonyl (C=O) groups is 1. The van der Waals surface area contributed by atoms with E-state index in [2.05, 4.69) is 16.9 Å². The van der Waals surface area contributed by atoms with Crippen LogP contribution in [0.4, 0.5) is 14.5 Å². The number of anilines is 1. The van der Waals surface area contributed by atoms with Gasteiger partial charge in [0, 0.05) is 6.54 Å². The topological polar surface area (TPSA) is 98.1 Å². The van der Waals surface area contributed by atoms with Crippen LogP contribution in [-0.2, 0) is 21.2 Å². The van der Waals surface area contributed by atoms with Crippen LogP contribution in [0.2, 0.25) is 0 Å². The molecule has 2 aromatic carbocycles. The first kappa shape index (κ1) is 22.6. The number of amides is 1. The zero-order valence-corrected chi connectivity index (χ0v) is 17.6. The van der Waals surface area contributed by atoms with Crippen LogP contribution in [0.1, 0.15) is 0 Å². The molecule has 0 aliphatic heterocycles. The number of nitrogens with one attached hydrogen (secondary N) is 1. The molecule has 1 aromatic heterocycles. The van der Waals surface area contributed by atoms with E-state index in [1.165, 1.54) is 28.8 Å². The van der Waals surface area contributed by atoms with E-state index in [1.807, 2.05) is 0 Å². The van der Waals surface area contributed by atoms with Crippen LogP contribution in [0, 0.1) is 0 Å². The van der Waals surface area contributed by atoms with E-state index in [9.17, 15) is 26.8 Å². The van der Waals surface area contributed by atoms with Crippen molar-refractivity contribution in [1.82, 2.24) is 9.55 Å². The molecule has 0 aliphatic rings. The predicted octanol–water partition coefficient (Wildman–Crippen LogP) is 3.31. The summed E-state index contributed by atoms with van der Waals surface area (Å²) in [6.45, 7) is 3.80. The molecule has 3 rings (SSSR count). The van der Waals surface area contributed by atoms with Gasteiger partial charge in [-0.25, -0.2) is 13.4 Å². The minimum absolute atomic E-state index is 0.177. The first-order valence-electron chi connectivity index (χ1n) is 8.90. The Kier molecular flexibility index (Phi) is 6.86. The number of aromatic nitrogens is 2. The number of hydrogen-bond donors (Lipinski definition) is 1. The molecule has 0 atom stereocenters. The molecule has 3 aromatic rings. The average molecular weight is 466 g/mol. The summed E-state index contributed by atoms with van der Waals surface area (Å²) in [4.78, 5) is 28.9. The van der Waals surface area contributed by atoms with Gasteiger partial charge in [-0.3, -0.25) is 14.2 Å². The Labute approximate surface area is 180 Å². The highest BCUT2D eigenvalue weighted by atomic mass is 32.2. The number of fused-ring (bicyclic) bond motifs is 1. The van der Waals surface area contributed by atoms with Crippen molar-refractivity contribution in [3.05, 3.63) is 71.5 Å². The maximum absolute atomic E-state index is 12.9. The van der Waals surface area contributed by atoms with Gasteiger partial charge >= 0.3 is 5.76 Å². The summed E-state index contributed by atoms with van der Waals surface area (Å²) in [6, 6.07) is 11.7. The summed E-state index contributed by atoms with van der Waals surface area (Å²) in [5.74, 6) is -4.49. The van der Waals surface area contributed by atoms with Crippen molar-refractivity contribution >= 4 is 44.1 Å². The van der Waals surface area contributed by atoms with Crippen molar-refractivity contribution in [2.45, 2.75) is 22.4 Å². The maximum Gasteiger partial charge on any atom is 0.341 e. The molecule has 1 amide bonds. The Hall–Kier alpha value is -3.05. The molecule has 0 fully saturated rings. The molecule has 162 valence electrons. The van der Waals surface area contributed by atoms with Crippen molar-refractivity contribution in [3.8, 4) is 0 Å². The second kappa shape index (κ2) is 9.40. The lowest BCUT2D eigenvalue weighted by Crippen LogP contribution is -2.24. The zero-order chi connectivity index (χ0) is 22.6. The molecule has 11 heteroatoms. The Morgan fingerprint density at radius 3 is 2.58 bits per heavy atom. The summed E-state index contributed by atoms with van der Waals surface area (Å²) >= 11 is 0.957. The molecule has 0 unspecified atom stereocenters. The Balaban J connectivity index is 1.84. The van der Waals surface area contributed by atoms with Gasteiger partial charge in [-0.2, -0.15) is 8.78 Å². The summed E-state index contributed by atoms with van der Waals surface area (Å²) in [5, 5.41) is 3.03. The van der Waals surface area contributed by atoms with Gasteiger partial charge in [-0.05, 0) is 24.3 Å². The largest absolute Gasteiger partial charge is 0.341 e. The summed E-state index contributed by atoms with van der Waals surface area (Å²) in [5.41, 5.74) is -0.0748. The second-order valence-corrected chi connectivity index (χ2v) is 9.08. The van der Waals surface area contributed by atoms with E-state index >= 15 is 0 Å². The van der Waals surface area contributed by atoms with Crippen molar-refractivity contribution < 1.29 is 22.0 Å². The monoisotopic (exact) mass is 465 g/mol. The molecule has 0 saturated carbocycles. The number of allylic oxidation sites excluding steroid dienone is 1. The standard InChI is InChI=1S/C20H17F2N3O4S2/c1-2-11-25-18(27)13-7-3-4-8-14(13)24-20(25)30-12-17(26)23-15-9-5-6-10-16(15)31(28,29)19(21)22/h2-10,19H,1,11-12H2,(H,23,26). The van der Waals surface area contributed by atoms with Crippen molar-refractivity contribution in [3.63, 3.8) is 0 Å². The maximum atomic E-state index is 12.9. The minimum Gasteiger partial charge on any atom is -0.324 e. The molecule has 31 heavy (non-hydrogen) atoms. The van der Waals surface area contributed by atoms with Crippen LogP contribution in [0.3, 0.4) is 0 Å². The van der Waals surface area contributed by atoms with Crippen LogP contribution in [0.15, 0.2) is 76.0 Å². The summed E-state index contributed by atoms with van der Waals surface area (Å²) < 4.78 is 50.8. The third-order valence-electron chi connectivity index (χ3n) is 4.17. The third-order valence-corrected chi connectivity index (χ3v) is 6.59. The van der Waals surface area contributed by atoms with Gasteiger partial charge < -0.3 is 5.32 Å². The smallest absolute Gasteiger partial charge is 0.324 e. The number of sulfone groups is 1. The number of hydrogen-bond acceptors (Lipinski definition) is 6. The van der Waals surface area contributed by atoms with E-state index < -0.39 is 26.4 Å². The first-order valence-corrected chi connectivity index (χ1v) is 11.4. The second-order valence-electron chi connectivity index (χ2n) is 6.25. The molecule has 0 spiro atoms. The molecule has 0 radical (unpaired) electrons. The van der Waals surface area contributed by atoms with Crippen LogP contribution in [-0.4, -0.2) is 35.4 Å². The van der Waals surface area contributed by atoms with E-state index in [1.54, 1.807) is 24.3 Å². The molecular formula is C20H17F2N3O4S2. The SMILES string of the molecule is C=CCn1c(SCC(=O)Nc2ccccc2S(=O)(=O)C(F)F)nc2ccccc2c1=O. The highest BCUT2D eigenvalue weighted by molar-refractivity contribution is 7.99. The van der Waals surface area contributed by atoms with Crippen molar-refractivity contribution in [1.29, 1.82) is 0 Å². The van der Waals surface area contributed by atoms with Gasteiger partial charge in [0.1, 0.15) is 0 Å². The number of carbonyl (C=O) groups excluding carboxylic acids is 1. The fourth-order valence-corrected chi connectivity index (χ4v) is 4.47. The van der Waals surface area contributed by atoms with E-state index in [-0.39, 0.29) is 28.7 Å². The first-order chi connectivity index (χ1) is 14.8. The third kappa shape index (κ3) is 4.83. The Morgan fingerprint density at radius 2 is 1.87 bits per heavy atom. The lowest BCUT2D eigenvalue weighted by Gasteiger charge is -2.13. The number of halogens is 2. The predicted molar refractivity (Wildman–Crippen MR) is 115 cm³/mol. The quantitative estimate of drug-likeness (QED) is 0.311. The number of nitrogens with zero attached hydrogens (tertiary/aromatic N) is 2. The molecular weight excluding hydrogens is 448 g/mol. The highest BCUT2D eigenvalue weighted by Crippen LogP contribution is 2.26. The fraction of sp³-hybridized carbons (Fsp3) is 0.150. The lowest BCUT2D eigenvalue weighted by molar-refractivity contribution is -0.113. The van der Waals surface area contributed by atoms with E-state index in [0.717, 1.165) is 17.8 Å². The van der Waals surface area contributed by atoms with Crippen molar-refractivity contribution in [2.75, 3.05) is 11.1 Å². The molecule has 7 nitrogen and oxygen atoms in total. The number of thioether (sulfide) groups is 1.